The van der Waals surface area contributed by atoms with Crippen molar-refractivity contribution in [3.05, 3.63) is 0 Å². The number of hydrogen-bond donors (Lipinski definition) is 0. The number of ether oxygens (including phenoxy) is 1. The van der Waals surface area contributed by atoms with E-state index in [1.54, 1.807) is 0 Å². The molecule has 0 atom stereocenters. The molecule has 0 aliphatic heterocycles. The van der Waals surface area contributed by atoms with E-state index in [4.69, 9.17) is 4.74 Å². The number of rotatable bonds is 3. The second kappa shape index (κ2) is 4.27. The third-order valence-corrected chi connectivity index (χ3v) is 2.89. The van der Waals surface area contributed by atoms with Crippen LogP contribution >= 0.6 is 0 Å². The smallest absolute Gasteiger partial charge is 0.0627 e. The van der Waals surface area contributed by atoms with Crippen molar-refractivity contribution in [3.63, 3.8) is 0 Å². The lowest BCUT2D eigenvalue weighted by atomic mass is 9.96. The molecule has 1 heteroatoms. The lowest BCUT2D eigenvalue weighted by Crippen LogP contribution is -2.31. The van der Waals surface area contributed by atoms with Crippen LogP contribution in [0.15, 0.2) is 0 Å². The van der Waals surface area contributed by atoms with Gasteiger partial charge in [-0.15, -0.1) is 0 Å². The van der Waals surface area contributed by atoms with Crippen molar-refractivity contribution in [2.24, 2.45) is 0 Å². The lowest BCUT2D eigenvalue weighted by Gasteiger charge is -2.32. The van der Waals surface area contributed by atoms with Crippen LogP contribution in [0.1, 0.15) is 59.3 Å². The summed E-state index contributed by atoms with van der Waals surface area (Å²) in [6, 6.07) is 0. The van der Waals surface area contributed by atoms with Crippen LogP contribution in [0.25, 0.3) is 0 Å². The van der Waals surface area contributed by atoms with Crippen molar-refractivity contribution >= 4 is 0 Å². The van der Waals surface area contributed by atoms with Gasteiger partial charge in [0.15, 0.2) is 0 Å². The van der Waals surface area contributed by atoms with Crippen molar-refractivity contribution in [2.75, 3.05) is 0 Å². The molecule has 0 bridgehead atoms. The van der Waals surface area contributed by atoms with E-state index in [-0.39, 0.29) is 5.60 Å². The van der Waals surface area contributed by atoms with Gasteiger partial charge in [-0.05, 0) is 33.1 Å². The second-order valence-electron chi connectivity index (χ2n) is 4.49. The van der Waals surface area contributed by atoms with Crippen LogP contribution in [0, 0.1) is 0 Å². The molecule has 1 saturated carbocycles. The summed E-state index contributed by atoms with van der Waals surface area (Å²) in [5, 5.41) is 0. The van der Waals surface area contributed by atoms with Gasteiger partial charge < -0.3 is 4.74 Å². The van der Waals surface area contributed by atoms with Gasteiger partial charge in [-0.3, -0.25) is 0 Å². The zero-order chi connectivity index (χ0) is 9.03. The Kier molecular flexibility index (Phi) is 3.57. The fourth-order valence-electron chi connectivity index (χ4n) is 1.72. The van der Waals surface area contributed by atoms with E-state index < -0.39 is 0 Å². The van der Waals surface area contributed by atoms with Gasteiger partial charge in [0, 0.05) is 0 Å². The molecular formula is C11H22O. The highest BCUT2D eigenvalue weighted by Crippen LogP contribution is 2.26. The normalized spacial score (nSPS) is 21.2. The van der Waals surface area contributed by atoms with Gasteiger partial charge >= 0.3 is 0 Å². The standard InChI is InChI=1S/C11H22O/c1-4-11(2,3)12-10-8-6-5-7-9-10/h10H,4-9H2,1-3H3. The molecule has 1 nitrogen and oxygen atoms in total. The van der Waals surface area contributed by atoms with Crippen LogP contribution in [0.4, 0.5) is 0 Å². The summed E-state index contributed by atoms with van der Waals surface area (Å²) in [4.78, 5) is 0. The van der Waals surface area contributed by atoms with Crippen LogP contribution < -0.4 is 0 Å². The first-order chi connectivity index (χ1) is 5.64. The Labute approximate surface area is 76.5 Å². The molecule has 0 amide bonds. The molecule has 0 saturated heterocycles. The molecule has 1 aliphatic carbocycles. The Bertz CT molecular complexity index is 123. The minimum atomic E-state index is 0.0992. The van der Waals surface area contributed by atoms with Crippen LogP contribution in [-0.4, -0.2) is 11.7 Å². The molecule has 0 N–H and O–H groups in total. The third-order valence-electron chi connectivity index (χ3n) is 2.89. The maximum Gasteiger partial charge on any atom is 0.0627 e. The highest BCUT2D eigenvalue weighted by atomic mass is 16.5. The van der Waals surface area contributed by atoms with E-state index >= 15 is 0 Å². The maximum atomic E-state index is 6.03. The Morgan fingerprint density at radius 2 is 1.75 bits per heavy atom. The Balaban J connectivity index is 2.28. The van der Waals surface area contributed by atoms with Gasteiger partial charge in [0.2, 0.25) is 0 Å². The predicted molar refractivity (Wildman–Crippen MR) is 52.3 cm³/mol. The van der Waals surface area contributed by atoms with Gasteiger partial charge in [0.1, 0.15) is 0 Å². The molecule has 0 aromatic rings. The van der Waals surface area contributed by atoms with Gasteiger partial charge in [-0.2, -0.15) is 0 Å². The summed E-state index contributed by atoms with van der Waals surface area (Å²) < 4.78 is 6.03. The molecule has 0 spiro atoms. The highest BCUT2D eigenvalue weighted by Gasteiger charge is 2.22. The minimum absolute atomic E-state index is 0.0992. The molecule has 1 aliphatic rings. The molecule has 0 aromatic carbocycles. The first-order valence-electron chi connectivity index (χ1n) is 5.32. The summed E-state index contributed by atoms with van der Waals surface area (Å²) in [5.74, 6) is 0. The van der Waals surface area contributed by atoms with E-state index in [1.807, 2.05) is 0 Å². The average molecular weight is 170 g/mol. The van der Waals surface area contributed by atoms with Gasteiger partial charge in [0.25, 0.3) is 0 Å². The van der Waals surface area contributed by atoms with Crippen LogP contribution in [0.3, 0.4) is 0 Å². The highest BCUT2D eigenvalue weighted by molar-refractivity contribution is 4.72. The van der Waals surface area contributed by atoms with Gasteiger partial charge in [-0.1, -0.05) is 26.2 Å². The third kappa shape index (κ3) is 3.14. The number of hydrogen-bond acceptors (Lipinski definition) is 1. The van der Waals surface area contributed by atoms with Crippen molar-refractivity contribution in [2.45, 2.75) is 71.0 Å². The molecule has 0 unspecified atom stereocenters. The molecule has 0 radical (unpaired) electrons. The summed E-state index contributed by atoms with van der Waals surface area (Å²) >= 11 is 0. The van der Waals surface area contributed by atoms with E-state index in [9.17, 15) is 0 Å². The first kappa shape index (κ1) is 10.0. The van der Waals surface area contributed by atoms with Crippen LogP contribution in [0.5, 0.6) is 0 Å². The Hall–Kier alpha value is -0.0400. The molecule has 72 valence electrons. The SMILES string of the molecule is CCC(C)(C)OC1CCCCC1. The largest absolute Gasteiger partial charge is 0.372 e. The quantitative estimate of drug-likeness (QED) is 0.629. The fourth-order valence-corrected chi connectivity index (χ4v) is 1.72. The van der Waals surface area contributed by atoms with E-state index in [2.05, 4.69) is 20.8 Å². The van der Waals surface area contributed by atoms with E-state index in [1.165, 1.54) is 32.1 Å². The molecule has 1 fully saturated rings. The molecule has 1 rings (SSSR count). The molecular weight excluding hydrogens is 148 g/mol. The van der Waals surface area contributed by atoms with E-state index in [0.717, 1.165) is 6.42 Å². The average Bonchev–Trinajstić information content (AvgIpc) is 2.06. The molecule has 12 heavy (non-hydrogen) atoms. The van der Waals surface area contributed by atoms with Crippen molar-refractivity contribution < 1.29 is 4.74 Å². The van der Waals surface area contributed by atoms with Gasteiger partial charge in [0.05, 0.1) is 11.7 Å². The lowest BCUT2D eigenvalue weighted by molar-refractivity contribution is -0.0858. The van der Waals surface area contributed by atoms with Crippen molar-refractivity contribution in [3.8, 4) is 0 Å². The first-order valence-corrected chi connectivity index (χ1v) is 5.32. The Morgan fingerprint density at radius 1 is 1.17 bits per heavy atom. The molecule has 0 aromatic heterocycles. The zero-order valence-electron chi connectivity index (χ0n) is 8.73. The second-order valence-corrected chi connectivity index (χ2v) is 4.49. The fraction of sp³-hybridized carbons (Fsp3) is 1.00. The zero-order valence-corrected chi connectivity index (χ0v) is 8.73. The summed E-state index contributed by atoms with van der Waals surface area (Å²) in [6.45, 7) is 6.59. The summed E-state index contributed by atoms with van der Waals surface area (Å²) in [7, 11) is 0. The van der Waals surface area contributed by atoms with Crippen LogP contribution in [0.2, 0.25) is 0 Å². The minimum Gasteiger partial charge on any atom is -0.372 e. The summed E-state index contributed by atoms with van der Waals surface area (Å²) in [6.07, 6.45) is 8.37. The monoisotopic (exact) mass is 170 g/mol. The van der Waals surface area contributed by atoms with Gasteiger partial charge in [-0.25, -0.2) is 0 Å². The Morgan fingerprint density at radius 3 is 2.25 bits per heavy atom. The van der Waals surface area contributed by atoms with Crippen molar-refractivity contribution in [1.29, 1.82) is 0 Å². The topological polar surface area (TPSA) is 9.23 Å². The van der Waals surface area contributed by atoms with Crippen molar-refractivity contribution in [1.82, 2.24) is 0 Å². The van der Waals surface area contributed by atoms with E-state index in [0.29, 0.717) is 6.10 Å². The summed E-state index contributed by atoms with van der Waals surface area (Å²) in [5.41, 5.74) is 0.0992. The molecule has 0 heterocycles. The maximum absolute atomic E-state index is 6.03. The van der Waals surface area contributed by atoms with Crippen LogP contribution in [-0.2, 0) is 4.74 Å². The predicted octanol–water partition coefficient (Wildman–Crippen LogP) is 3.52.